The predicted octanol–water partition coefficient (Wildman–Crippen LogP) is 3.36. The fourth-order valence-corrected chi connectivity index (χ4v) is 1.49. The van der Waals surface area contributed by atoms with Crippen molar-refractivity contribution in [3.05, 3.63) is 21.0 Å². The predicted molar refractivity (Wildman–Crippen MR) is 53.2 cm³/mol. The minimum Gasteiger partial charge on any atom is -0.403 e. The Morgan fingerprint density at radius 3 is 2.53 bits per heavy atom. The molecule has 2 nitrogen and oxygen atoms in total. The van der Waals surface area contributed by atoms with E-state index in [-0.39, 0.29) is 9.26 Å². The van der Waals surface area contributed by atoms with Gasteiger partial charge in [0.1, 0.15) is 6.67 Å². The third-order valence-corrected chi connectivity index (χ3v) is 3.01. The van der Waals surface area contributed by atoms with Crippen LogP contribution in [0.2, 0.25) is 0 Å². The monoisotopic (exact) mass is 335 g/mol. The average Bonchev–Trinajstić information content (AvgIpc) is 2.11. The van der Waals surface area contributed by atoms with E-state index < -0.39 is 18.8 Å². The average molecular weight is 335 g/mol. The second-order valence-corrected chi connectivity index (χ2v) is 3.77. The van der Waals surface area contributed by atoms with Gasteiger partial charge in [-0.25, -0.2) is 4.39 Å². The molecule has 1 aromatic heterocycles. The highest BCUT2D eigenvalue weighted by atomic mass is 127. The van der Waals surface area contributed by atoms with E-state index in [2.05, 4.69) is 9.72 Å². The molecule has 0 aromatic carbocycles. The molecule has 0 radical (unpaired) electrons. The summed E-state index contributed by atoms with van der Waals surface area (Å²) < 4.78 is 52.0. The van der Waals surface area contributed by atoms with Crippen molar-refractivity contribution in [2.24, 2.45) is 0 Å². The van der Waals surface area contributed by atoms with E-state index in [9.17, 15) is 17.6 Å². The van der Waals surface area contributed by atoms with E-state index in [1.807, 2.05) is 0 Å². The topological polar surface area (TPSA) is 22.1 Å². The van der Waals surface area contributed by atoms with Crippen LogP contribution in [0, 0.1) is 10.5 Å². The van der Waals surface area contributed by atoms with Crippen molar-refractivity contribution in [2.45, 2.75) is 20.0 Å². The van der Waals surface area contributed by atoms with Crippen LogP contribution in [0.1, 0.15) is 11.3 Å². The Hall–Kier alpha value is -0.600. The molecule has 84 valence electrons. The van der Waals surface area contributed by atoms with E-state index in [1.54, 1.807) is 22.6 Å². The van der Waals surface area contributed by atoms with Gasteiger partial charge in [-0.2, -0.15) is 0 Å². The number of hydrogen-bond acceptors (Lipinski definition) is 2. The molecule has 0 amide bonds. The second-order valence-electron chi connectivity index (χ2n) is 2.69. The molecular weight excluding hydrogens is 329 g/mol. The first-order valence-corrected chi connectivity index (χ1v) is 4.88. The standard InChI is InChI=1S/C8H6F4INO/c1-4-5(2-9)14-3-6(7(4)13)15-8(10,11)12/h3H,2H2,1H3. The Balaban J connectivity index is 3.07. The van der Waals surface area contributed by atoms with Gasteiger partial charge in [0.25, 0.3) is 0 Å². The van der Waals surface area contributed by atoms with Crippen LogP contribution in [0.3, 0.4) is 0 Å². The van der Waals surface area contributed by atoms with Gasteiger partial charge in [0.2, 0.25) is 0 Å². The zero-order valence-electron chi connectivity index (χ0n) is 7.53. The lowest BCUT2D eigenvalue weighted by molar-refractivity contribution is -0.275. The Kier molecular flexibility index (Phi) is 3.74. The zero-order valence-corrected chi connectivity index (χ0v) is 9.69. The van der Waals surface area contributed by atoms with Crippen molar-refractivity contribution < 1.29 is 22.3 Å². The summed E-state index contributed by atoms with van der Waals surface area (Å²) in [5, 5.41) is 0. The van der Waals surface area contributed by atoms with E-state index in [0.717, 1.165) is 6.20 Å². The van der Waals surface area contributed by atoms with Gasteiger partial charge in [0.05, 0.1) is 15.5 Å². The van der Waals surface area contributed by atoms with Crippen molar-refractivity contribution in [3.63, 3.8) is 0 Å². The molecule has 0 N–H and O–H groups in total. The van der Waals surface area contributed by atoms with Crippen molar-refractivity contribution >= 4 is 22.6 Å². The van der Waals surface area contributed by atoms with Crippen molar-refractivity contribution in [3.8, 4) is 5.75 Å². The molecule has 0 unspecified atom stereocenters. The van der Waals surface area contributed by atoms with Crippen LogP contribution in [0.25, 0.3) is 0 Å². The van der Waals surface area contributed by atoms with Crippen molar-refractivity contribution in [1.29, 1.82) is 0 Å². The summed E-state index contributed by atoms with van der Waals surface area (Å²) in [7, 11) is 0. The highest BCUT2D eigenvalue weighted by Gasteiger charge is 2.32. The molecule has 0 saturated carbocycles. The summed E-state index contributed by atoms with van der Waals surface area (Å²) in [6.07, 6.45) is -3.89. The largest absolute Gasteiger partial charge is 0.573 e. The van der Waals surface area contributed by atoms with Gasteiger partial charge >= 0.3 is 6.36 Å². The summed E-state index contributed by atoms with van der Waals surface area (Å²) in [6.45, 7) is 0.682. The van der Waals surface area contributed by atoms with Crippen LogP contribution >= 0.6 is 22.6 Å². The highest BCUT2D eigenvalue weighted by molar-refractivity contribution is 14.1. The van der Waals surface area contributed by atoms with E-state index >= 15 is 0 Å². The quantitative estimate of drug-likeness (QED) is 0.611. The second kappa shape index (κ2) is 4.50. The normalized spacial score (nSPS) is 11.6. The molecule has 0 aliphatic carbocycles. The molecule has 1 heterocycles. The Bertz CT molecular complexity index is 366. The first-order valence-electron chi connectivity index (χ1n) is 3.81. The molecule has 0 saturated heterocycles. The van der Waals surface area contributed by atoms with Gasteiger partial charge in [0, 0.05) is 0 Å². The van der Waals surface area contributed by atoms with Gasteiger partial charge in [-0.05, 0) is 35.1 Å². The molecule has 0 atom stereocenters. The maximum Gasteiger partial charge on any atom is 0.573 e. The van der Waals surface area contributed by atoms with E-state index in [4.69, 9.17) is 0 Å². The SMILES string of the molecule is Cc1c(CF)ncc(OC(F)(F)F)c1I. The number of nitrogens with zero attached hydrogens (tertiary/aromatic N) is 1. The lowest BCUT2D eigenvalue weighted by Gasteiger charge is -2.12. The third kappa shape index (κ3) is 3.18. The van der Waals surface area contributed by atoms with Gasteiger partial charge in [-0.3, -0.25) is 4.98 Å². The first kappa shape index (κ1) is 12.5. The van der Waals surface area contributed by atoms with Gasteiger partial charge < -0.3 is 4.74 Å². The molecule has 1 rings (SSSR count). The van der Waals surface area contributed by atoms with Gasteiger partial charge in [-0.1, -0.05) is 0 Å². The van der Waals surface area contributed by atoms with Gasteiger partial charge in [0.15, 0.2) is 5.75 Å². The molecule has 15 heavy (non-hydrogen) atoms. The highest BCUT2D eigenvalue weighted by Crippen LogP contribution is 2.30. The summed E-state index contributed by atoms with van der Waals surface area (Å²) in [6, 6.07) is 0. The smallest absolute Gasteiger partial charge is 0.403 e. The van der Waals surface area contributed by atoms with Crippen molar-refractivity contribution in [1.82, 2.24) is 4.98 Å². The van der Waals surface area contributed by atoms with Crippen LogP contribution in [0.5, 0.6) is 5.75 Å². The van der Waals surface area contributed by atoms with Gasteiger partial charge in [-0.15, -0.1) is 13.2 Å². The lowest BCUT2D eigenvalue weighted by Crippen LogP contribution is -2.18. The molecule has 1 aromatic rings. The number of alkyl halides is 4. The minimum absolute atomic E-state index is 0.119. The molecule has 0 bridgehead atoms. The summed E-state index contributed by atoms with van der Waals surface area (Å²) in [5.74, 6) is -0.405. The number of halogens is 5. The number of ether oxygens (including phenoxy) is 1. The van der Waals surface area contributed by atoms with E-state index in [0.29, 0.717) is 5.56 Å². The molecule has 0 aliphatic rings. The molecule has 0 spiro atoms. The first-order chi connectivity index (χ1) is 6.85. The number of aromatic nitrogens is 1. The summed E-state index contributed by atoms with van der Waals surface area (Å²) >= 11 is 1.66. The summed E-state index contributed by atoms with van der Waals surface area (Å²) in [5.41, 5.74) is 0.480. The Labute approximate surface area is 96.8 Å². The molecule has 7 heteroatoms. The van der Waals surface area contributed by atoms with Crippen molar-refractivity contribution in [2.75, 3.05) is 0 Å². The van der Waals surface area contributed by atoms with E-state index in [1.165, 1.54) is 6.92 Å². The zero-order chi connectivity index (χ0) is 11.6. The van der Waals surface area contributed by atoms with Crippen LogP contribution in [0.15, 0.2) is 6.20 Å². The third-order valence-electron chi connectivity index (χ3n) is 1.67. The maximum absolute atomic E-state index is 12.3. The number of rotatable bonds is 2. The van der Waals surface area contributed by atoms with Crippen LogP contribution < -0.4 is 4.74 Å². The van der Waals surface area contributed by atoms with Crippen LogP contribution in [-0.2, 0) is 6.67 Å². The fourth-order valence-electron chi connectivity index (χ4n) is 0.932. The molecular formula is C8H6F4INO. The Morgan fingerprint density at radius 1 is 1.47 bits per heavy atom. The molecule has 0 fully saturated rings. The number of pyridine rings is 1. The maximum atomic E-state index is 12.3. The summed E-state index contributed by atoms with van der Waals surface area (Å²) in [4.78, 5) is 3.54. The molecule has 0 aliphatic heterocycles. The van der Waals surface area contributed by atoms with Crippen LogP contribution in [-0.4, -0.2) is 11.3 Å². The van der Waals surface area contributed by atoms with Crippen LogP contribution in [0.4, 0.5) is 17.6 Å². The lowest BCUT2D eigenvalue weighted by atomic mass is 10.2. The number of hydrogen-bond donors (Lipinski definition) is 0. The Morgan fingerprint density at radius 2 is 2.07 bits per heavy atom. The fraction of sp³-hybridized carbons (Fsp3) is 0.375. The minimum atomic E-state index is -4.76.